The first-order valence-electron chi connectivity index (χ1n) is 14.3. The van der Waals surface area contributed by atoms with Crippen molar-refractivity contribution < 1.29 is 28.2 Å². The van der Waals surface area contributed by atoms with Crippen LogP contribution in [0.25, 0.3) is 6.08 Å². The number of hydrogen-bond acceptors (Lipinski definition) is 4. The molecule has 0 aromatic heterocycles. The predicted molar refractivity (Wildman–Crippen MR) is 155 cm³/mol. The fourth-order valence-corrected chi connectivity index (χ4v) is 5.93. The average molecular weight is 571 g/mol. The zero-order valence-corrected chi connectivity index (χ0v) is 24.2. The van der Waals surface area contributed by atoms with E-state index in [0.717, 1.165) is 24.1 Å². The topological polar surface area (TPSA) is 64.0 Å². The third kappa shape index (κ3) is 7.34. The van der Waals surface area contributed by atoms with Crippen molar-refractivity contribution in [1.29, 1.82) is 0 Å². The third-order valence-electron chi connectivity index (χ3n) is 8.86. The summed E-state index contributed by atoms with van der Waals surface area (Å²) in [5, 5.41) is 20.5. The number of phenols is 1. The Kier molecular flexibility index (Phi) is 9.22. The number of hydrogen-bond donors (Lipinski definition) is 2. The van der Waals surface area contributed by atoms with E-state index in [1.54, 1.807) is 18.0 Å². The molecular formula is C33H41F3N2O3. The monoisotopic (exact) mass is 570 g/mol. The molecule has 3 aliphatic rings. The number of fused-ring (bicyclic) bond motifs is 1. The Morgan fingerprint density at radius 3 is 2.49 bits per heavy atom. The summed E-state index contributed by atoms with van der Waals surface area (Å²) in [5.74, 6) is 0.731. The van der Waals surface area contributed by atoms with E-state index in [-0.39, 0.29) is 29.5 Å². The van der Waals surface area contributed by atoms with Gasteiger partial charge in [0.25, 0.3) is 0 Å². The number of aromatic hydroxyl groups is 1. The van der Waals surface area contributed by atoms with E-state index >= 15 is 0 Å². The Hall–Kier alpha value is -3.26. The van der Waals surface area contributed by atoms with Gasteiger partial charge < -0.3 is 20.0 Å². The van der Waals surface area contributed by atoms with Crippen LogP contribution in [0.4, 0.5) is 13.2 Å². The molecule has 2 saturated carbocycles. The van der Waals surface area contributed by atoms with Crippen molar-refractivity contribution in [3.05, 3.63) is 83.1 Å². The highest BCUT2D eigenvalue weighted by Gasteiger charge is 2.49. The molecule has 2 N–H and O–H groups in total. The third-order valence-corrected chi connectivity index (χ3v) is 8.86. The van der Waals surface area contributed by atoms with Crippen molar-refractivity contribution in [2.45, 2.75) is 76.7 Å². The highest BCUT2D eigenvalue weighted by Crippen LogP contribution is 2.44. The fourth-order valence-electron chi connectivity index (χ4n) is 5.93. The largest absolute Gasteiger partial charge is 0.508 e. The first-order chi connectivity index (χ1) is 19.3. The Balaban J connectivity index is 0.000000367. The lowest BCUT2D eigenvalue weighted by atomic mass is 9.68. The molecular weight excluding hydrogens is 529 g/mol. The van der Waals surface area contributed by atoms with Gasteiger partial charge >= 0.3 is 6.18 Å². The van der Waals surface area contributed by atoms with Crippen LogP contribution in [0.5, 0.6) is 5.75 Å². The standard InChI is InChI=1S/C25H31F3N2O2.C8H10O/c1-17-24(32)13-11-21(15-20(24)12-14-30(17)16-18-7-8-18)29(2)23(31)10-9-19-5-3-4-6-22(19)25(26,27)28;1-6-3-4-8(9)7(2)5-6/h3-6,9-10,12,14,17-18,20-21,32H,7-8,11,13,15-16H2,1-2H3;3-5,9H,1-2H3/b10-9+;/t17-,20?,21?,24?;/m1./s1. The van der Waals surface area contributed by atoms with Crippen molar-refractivity contribution in [3.63, 3.8) is 0 Å². The Labute approximate surface area is 241 Å². The molecule has 41 heavy (non-hydrogen) atoms. The van der Waals surface area contributed by atoms with Crippen molar-refractivity contribution in [1.82, 2.24) is 9.80 Å². The fraction of sp³-hybridized carbons (Fsp3) is 0.485. The van der Waals surface area contributed by atoms with Crippen LogP contribution in [0.3, 0.4) is 0 Å². The van der Waals surface area contributed by atoms with Gasteiger partial charge in [0, 0.05) is 31.6 Å². The molecule has 0 saturated heterocycles. The molecule has 0 bridgehead atoms. The van der Waals surface area contributed by atoms with Crippen LogP contribution in [-0.2, 0) is 11.0 Å². The lowest BCUT2D eigenvalue weighted by Crippen LogP contribution is -2.60. The minimum Gasteiger partial charge on any atom is -0.508 e. The zero-order chi connectivity index (χ0) is 29.9. The van der Waals surface area contributed by atoms with Crippen LogP contribution >= 0.6 is 0 Å². The number of carbonyl (C=O) groups excluding carboxylic acids is 1. The molecule has 2 fully saturated rings. The van der Waals surface area contributed by atoms with Crippen LogP contribution in [-0.4, -0.2) is 57.2 Å². The van der Waals surface area contributed by atoms with Gasteiger partial charge in [-0.05, 0) is 94.3 Å². The molecule has 1 aliphatic heterocycles. The number of nitrogens with zero attached hydrogens (tertiary/aromatic N) is 2. The summed E-state index contributed by atoms with van der Waals surface area (Å²) in [6, 6.07) is 10.7. The highest BCUT2D eigenvalue weighted by molar-refractivity contribution is 5.92. The first-order valence-corrected chi connectivity index (χ1v) is 14.3. The summed E-state index contributed by atoms with van der Waals surface area (Å²) in [4.78, 5) is 16.6. The van der Waals surface area contributed by atoms with Gasteiger partial charge in [-0.15, -0.1) is 0 Å². The Bertz CT molecular complexity index is 1290. The van der Waals surface area contributed by atoms with Gasteiger partial charge in [0.05, 0.1) is 17.2 Å². The highest BCUT2D eigenvalue weighted by atomic mass is 19.4. The summed E-state index contributed by atoms with van der Waals surface area (Å²) in [7, 11) is 1.69. The molecule has 2 aromatic rings. The molecule has 5 nitrogen and oxygen atoms in total. The number of likely N-dealkylation sites (N-methyl/N-ethyl adjacent to an activating group) is 1. The number of halogens is 3. The minimum absolute atomic E-state index is 0.0267. The Morgan fingerprint density at radius 2 is 1.85 bits per heavy atom. The van der Waals surface area contributed by atoms with Crippen LogP contribution in [0.2, 0.25) is 0 Å². The van der Waals surface area contributed by atoms with E-state index < -0.39 is 17.3 Å². The predicted octanol–water partition coefficient (Wildman–Crippen LogP) is 6.71. The maximum Gasteiger partial charge on any atom is 0.416 e. The second-order valence-corrected chi connectivity index (χ2v) is 11.8. The summed E-state index contributed by atoms with van der Waals surface area (Å²) >= 11 is 0. The van der Waals surface area contributed by atoms with E-state index in [1.807, 2.05) is 26.0 Å². The average Bonchev–Trinajstić information content (AvgIpc) is 3.75. The molecule has 0 spiro atoms. The number of alkyl halides is 3. The van der Waals surface area contributed by atoms with Crippen molar-refractivity contribution >= 4 is 12.0 Å². The Morgan fingerprint density at radius 1 is 1.15 bits per heavy atom. The molecule has 8 heteroatoms. The molecule has 2 aromatic carbocycles. The molecule has 222 valence electrons. The van der Waals surface area contributed by atoms with Crippen LogP contribution < -0.4 is 0 Å². The minimum atomic E-state index is -4.47. The van der Waals surface area contributed by atoms with Gasteiger partial charge in [-0.25, -0.2) is 0 Å². The number of amides is 1. The lowest BCUT2D eigenvalue weighted by Gasteiger charge is -2.52. The zero-order valence-electron chi connectivity index (χ0n) is 24.2. The summed E-state index contributed by atoms with van der Waals surface area (Å²) < 4.78 is 39.6. The van der Waals surface area contributed by atoms with E-state index in [1.165, 1.54) is 48.8 Å². The van der Waals surface area contributed by atoms with E-state index in [0.29, 0.717) is 25.0 Å². The molecule has 4 atom stereocenters. The van der Waals surface area contributed by atoms with Gasteiger partial charge in [0.1, 0.15) is 5.75 Å². The van der Waals surface area contributed by atoms with Gasteiger partial charge in [-0.3, -0.25) is 4.79 Å². The van der Waals surface area contributed by atoms with Crippen LogP contribution in [0.1, 0.15) is 61.3 Å². The number of benzene rings is 2. The number of aryl methyl sites for hydroxylation is 2. The number of carbonyl (C=O) groups is 1. The summed E-state index contributed by atoms with van der Waals surface area (Å²) in [6.45, 7) is 6.96. The molecule has 1 heterocycles. The molecule has 1 amide bonds. The van der Waals surface area contributed by atoms with E-state index in [2.05, 4.69) is 24.1 Å². The maximum absolute atomic E-state index is 13.2. The summed E-state index contributed by atoms with van der Waals surface area (Å²) in [5.41, 5.74) is 0.525. The van der Waals surface area contributed by atoms with E-state index in [4.69, 9.17) is 5.11 Å². The molecule has 0 radical (unpaired) electrons. The van der Waals surface area contributed by atoms with Crippen molar-refractivity contribution in [2.75, 3.05) is 13.6 Å². The van der Waals surface area contributed by atoms with Gasteiger partial charge in [-0.2, -0.15) is 13.2 Å². The van der Waals surface area contributed by atoms with Gasteiger partial charge in [0.2, 0.25) is 5.91 Å². The van der Waals surface area contributed by atoms with Gasteiger partial charge in [-0.1, -0.05) is 42.0 Å². The second kappa shape index (κ2) is 12.3. The second-order valence-electron chi connectivity index (χ2n) is 11.8. The normalized spacial score (nSPS) is 25.9. The lowest BCUT2D eigenvalue weighted by molar-refractivity contribution is -0.137. The quantitative estimate of drug-likeness (QED) is 0.392. The first kappa shape index (κ1) is 30.7. The summed E-state index contributed by atoms with van der Waals surface area (Å²) in [6.07, 6.45) is 6.56. The van der Waals surface area contributed by atoms with Crippen molar-refractivity contribution in [2.24, 2.45) is 11.8 Å². The van der Waals surface area contributed by atoms with Crippen LogP contribution in [0, 0.1) is 25.7 Å². The SMILES string of the molecule is C[C@H]1N(CC2CC2)C=CC2CC(N(C)C(=O)/C=C/c3ccccc3C(F)(F)F)CCC21O.Cc1ccc(O)c(C)c1. The smallest absolute Gasteiger partial charge is 0.416 e. The van der Waals surface area contributed by atoms with Crippen molar-refractivity contribution in [3.8, 4) is 5.75 Å². The molecule has 5 rings (SSSR count). The maximum atomic E-state index is 13.2. The number of phenolic OH excluding ortho intramolecular Hbond substituents is 1. The van der Waals surface area contributed by atoms with E-state index in [9.17, 15) is 23.1 Å². The number of aliphatic hydroxyl groups is 1. The van der Waals surface area contributed by atoms with Gasteiger partial charge in [0.15, 0.2) is 0 Å². The molecule has 2 aliphatic carbocycles. The molecule has 3 unspecified atom stereocenters. The number of rotatable bonds is 5. The van der Waals surface area contributed by atoms with Crippen LogP contribution in [0.15, 0.2) is 60.8 Å².